The fraction of sp³-hybridized carbons (Fsp3) is 0.292. The number of alkyl halides is 3. The summed E-state index contributed by atoms with van der Waals surface area (Å²) < 4.78 is 57.6. The van der Waals surface area contributed by atoms with Gasteiger partial charge in [0.15, 0.2) is 0 Å². The molecule has 0 aliphatic rings. The van der Waals surface area contributed by atoms with Gasteiger partial charge in [0.2, 0.25) is 0 Å². The molecule has 3 aromatic heterocycles. The third kappa shape index (κ3) is 5.68. The topological polar surface area (TPSA) is 81.7 Å². The molecule has 0 aliphatic heterocycles. The Bertz CT molecular complexity index is 1330. The minimum atomic E-state index is -4.36. The third-order valence-electron chi connectivity index (χ3n) is 5.37. The molecule has 1 N–H and O–H groups in total. The van der Waals surface area contributed by atoms with Gasteiger partial charge in [-0.15, -0.1) is 0 Å². The first kappa shape index (κ1) is 24.4. The second-order valence-electron chi connectivity index (χ2n) is 7.93. The number of esters is 1. The van der Waals surface area contributed by atoms with E-state index in [4.69, 9.17) is 4.74 Å². The first-order chi connectivity index (χ1) is 16.6. The van der Waals surface area contributed by atoms with E-state index in [0.717, 1.165) is 5.56 Å². The molecule has 4 aromatic rings. The number of carbonyl (C=O) groups is 1. The van der Waals surface area contributed by atoms with Crippen LogP contribution in [0.3, 0.4) is 0 Å². The molecule has 3 heterocycles. The Morgan fingerprint density at radius 1 is 1.17 bits per heavy atom. The largest absolute Gasteiger partial charge is 0.462 e. The minimum Gasteiger partial charge on any atom is -0.462 e. The fourth-order valence-electron chi connectivity index (χ4n) is 3.74. The zero-order chi connectivity index (χ0) is 25.2. The van der Waals surface area contributed by atoms with Crippen LogP contribution in [0.1, 0.15) is 47.5 Å². The number of hydrogen-bond donors (Lipinski definition) is 1. The molecule has 1 unspecified atom stereocenters. The van der Waals surface area contributed by atoms with Gasteiger partial charge in [0.05, 0.1) is 36.7 Å². The molecule has 0 saturated heterocycles. The van der Waals surface area contributed by atoms with E-state index < -0.39 is 36.9 Å². The van der Waals surface area contributed by atoms with E-state index in [-0.39, 0.29) is 18.8 Å². The molecular weight excluding hydrogens is 468 g/mol. The van der Waals surface area contributed by atoms with Crippen molar-refractivity contribution < 1.29 is 32.2 Å². The van der Waals surface area contributed by atoms with Crippen molar-refractivity contribution in [2.45, 2.75) is 38.6 Å². The summed E-state index contributed by atoms with van der Waals surface area (Å²) in [7, 11) is 0. The summed E-state index contributed by atoms with van der Waals surface area (Å²) in [6, 6.07) is 11.0. The van der Waals surface area contributed by atoms with Gasteiger partial charge in [-0.05, 0) is 66.9 Å². The minimum absolute atomic E-state index is 0.0567. The van der Waals surface area contributed by atoms with Crippen molar-refractivity contribution >= 4 is 11.5 Å². The normalized spacial score (nSPS) is 12.7. The second kappa shape index (κ2) is 9.87. The Balaban J connectivity index is 1.61. The molecule has 0 spiro atoms. The summed E-state index contributed by atoms with van der Waals surface area (Å²) in [5.74, 6) is -0.910. The molecular formula is C24H22F4N4O3. The number of fused-ring (bicyclic) bond motifs is 1. The molecule has 11 heteroatoms. The molecule has 0 bridgehead atoms. The lowest BCUT2D eigenvalue weighted by Gasteiger charge is -2.09. The smallest absolute Gasteiger partial charge is 0.389 e. The lowest BCUT2D eigenvalue weighted by Crippen LogP contribution is -2.11. The number of aromatic nitrogens is 4. The van der Waals surface area contributed by atoms with E-state index in [2.05, 4.69) is 10.2 Å². The van der Waals surface area contributed by atoms with Crippen LogP contribution in [0.15, 0.2) is 54.9 Å². The maximum Gasteiger partial charge on any atom is 0.389 e. The number of ether oxygens (including phenoxy) is 1. The number of benzene rings is 1. The van der Waals surface area contributed by atoms with Crippen LogP contribution in [0, 0.1) is 5.82 Å². The predicted molar refractivity (Wildman–Crippen MR) is 118 cm³/mol. The van der Waals surface area contributed by atoms with Gasteiger partial charge in [0, 0.05) is 18.1 Å². The van der Waals surface area contributed by atoms with Crippen LogP contribution in [0.2, 0.25) is 0 Å². The average molecular weight is 490 g/mol. The molecule has 1 atom stereocenters. The van der Waals surface area contributed by atoms with E-state index in [1.807, 2.05) is 0 Å². The number of aliphatic hydroxyl groups is 1. The van der Waals surface area contributed by atoms with Crippen LogP contribution in [0.25, 0.3) is 16.8 Å². The van der Waals surface area contributed by atoms with Crippen LogP contribution >= 0.6 is 0 Å². The second-order valence-corrected chi connectivity index (χ2v) is 7.93. The molecule has 0 radical (unpaired) electrons. The highest BCUT2D eigenvalue weighted by molar-refractivity contribution is 5.99. The molecule has 7 nitrogen and oxygen atoms in total. The highest BCUT2D eigenvalue weighted by atomic mass is 19.4. The standard InChI is InChI=1S/C24H22F4N4O3/c1-2-35-23(34)19-12-18-11-15(8-10-31(18)22(19)16-3-5-17(25)6-4-16)14-32-29-13-20(30-32)21(33)7-9-24(26,27)28/h3-6,8,10-13,21,33H,2,7,9,14H2,1H3. The van der Waals surface area contributed by atoms with Gasteiger partial charge in [-0.2, -0.15) is 28.2 Å². The number of rotatable bonds is 8. The maximum absolute atomic E-state index is 13.5. The van der Waals surface area contributed by atoms with Crippen LogP contribution < -0.4 is 0 Å². The Morgan fingerprint density at radius 2 is 1.91 bits per heavy atom. The van der Waals surface area contributed by atoms with Gasteiger partial charge < -0.3 is 14.2 Å². The average Bonchev–Trinajstić information content (AvgIpc) is 3.42. The quantitative estimate of drug-likeness (QED) is 0.280. The number of hydrogen-bond acceptors (Lipinski definition) is 5. The van der Waals surface area contributed by atoms with Crippen molar-refractivity contribution in [2.75, 3.05) is 6.61 Å². The number of aliphatic hydroxyl groups excluding tert-OH is 1. The van der Waals surface area contributed by atoms with Crippen molar-refractivity contribution in [3.63, 3.8) is 0 Å². The highest BCUT2D eigenvalue weighted by Gasteiger charge is 2.29. The number of carbonyl (C=O) groups excluding carboxylic acids is 1. The first-order valence-corrected chi connectivity index (χ1v) is 10.9. The SMILES string of the molecule is CCOC(=O)c1cc2cc(Cn3ncc(C(O)CCC(F)(F)F)n3)ccn2c1-c1ccc(F)cc1. The highest BCUT2D eigenvalue weighted by Crippen LogP contribution is 2.30. The molecule has 0 saturated carbocycles. The summed E-state index contributed by atoms with van der Waals surface area (Å²) in [5, 5.41) is 18.1. The third-order valence-corrected chi connectivity index (χ3v) is 5.37. The fourth-order valence-corrected chi connectivity index (χ4v) is 3.74. The maximum atomic E-state index is 13.5. The van der Waals surface area contributed by atoms with Crippen LogP contribution in [0.5, 0.6) is 0 Å². The van der Waals surface area contributed by atoms with Crippen LogP contribution in [0.4, 0.5) is 17.6 Å². The molecule has 0 fully saturated rings. The van der Waals surface area contributed by atoms with Gasteiger partial charge >= 0.3 is 12.1 Å². The van der Waals surface area contributed by atoms with Crippen molar-refractivity contribution in [2.24, 2.45) is 0 Å². The Hall–Kier alpha value is -3.73. The van der Waals surface area contributed by atoms with Crippen molar-refractivity contribution in [1.29, 1.82) is 0 Å². The van der Waals surface area contributed by atoms with Gasteiger partial charge in [0.25, 0.3) is 0 Å². The lowest BCUT2D eigenvalue weighted by molar-refractivity contribution is -0.140. The zero-order valence-electron chi connectivity index (χ0n) is 18.7. The Kier molecular flexibility index (Phi) is 6.88. The molecule has 0 aliphatic carbocycles. The number of nitrogens with zero attached hydrogens (tertiary/aromatic N) is 4. The van der Waals surface area contributed by atoms with E-state index >= 15 is 0 Å². The number of halogens is 4. The first-order valence-electron chi connectivity index (χ1n) is 10.9. The van der Waals surface area contributed by atoms with Gasteiger partial charge in [-0.1, -0.05) is 0 Å². The van der Waals surface area contributed by atoms with E-state index in [1.165, 1.54) is 23.1 Å². The number of pyridine rings is 1. The predicted octanol–water partition coefficient (Wildman–Crippen LogP) is 4.94. The van der Waals surface area contributed by atoms with Gasteiger partial charge in [-0.3, -0.25) is 0 Å². The molecule has 35 heavy (non-hydrogen) atoms. The monoisotopic (exact) mass is 490 g/mol. The summed E-state index contributed by atoms with van der Waals surface area (Å²) in [5.41, 5.74) is 2.99. The summed E-state index contributed by atoms with van der Waals surface area (Å²) in [6.45, 7) is 2.09. The van der Waals surface area contributed by atoms with Crippen molar-refractivity contribution in [1.82, 2.24) is 19.4 Å². The summed E-state index contributed by atoms with van der Waals surface area (Å²) in [4.78, 5) is 13.9. The Morgan fingerprint density at radius 3 is 2.60 bits per heavy atom. The molecule has 184 valence electrons. The molecule has 0 amide bonds. The molecule has 4 rings (SSSR count). The van der Waals surface area contributed by atoms with Crippen molar-refractivity contribution in [3.05, 3.63) is 77.5 Å². The van der Waals surface area contributed by atoms with E-state index in [0.29, 0.717) is 22.3 Å². The zero-order valence-corrected chi connectivity index (χ0v) is 18.7. The molecule has 1 aromatic carbocycles. The van der Waals surface area contributed by atoms with E-state index in [1.54, 1.807) is 47.9 Å². The summed E-state index contributed by atoms with van der Waals surface area (Å²) in [6.07, 6.45) is -4.37. The van der Waals surface area contributed by atoms with E-state index in [9.17, 15) is 27.5 Å². The lowest BCUT2D eigenvalue weighted by atomic mass is 10.1. The van der Waals surface area contributed by atoms with Crippen LogP contribution in [-0.4, -0.2) is 43.3 Å². The summed E-state index contributed by atoms with van der Waals surface area (Å²) >= 11 is 0. The Labute approximate surface area is 197 Å². The van der Waals surface area contributed by atoms with Crippen LogP contribution in [-0.2, 0) is 11.3 Å². The van der Waals surface area contributed by atoms with Crippen molar-refractivity contribution in [3.8, 4) is 11.3 Å². The van der Waals surface area contributed by atoms with Gasteiger partial charge in [0.1, 0.15) is 11.5 Å². The van der Waals surface area contributed by atoms with Gasteiger partial charge in [-0.25, -0.2) is 9.18 Å².